The number of carbonyl (C=O) groups excluding carboxylic acids is 1. The first-order valence-corrected chi connectivity index (χ1v) is 4.60. The number of carbonyl (C=O) groups is 2. The molecule has 0 radical (unpaired) electrons. The molecule has 0 atom stereocenters. The summed E-state index contributed by atoms with van der Waals surface area (Å²) >= 11 is 0. The maximum atomic E-state index is 10.8. The summed E-state index contributed by atoms with van der Waals surface area (Å²) in [5.74, 6) is -1.01. The van der Waals surface area contributed by atoms with Crippen LogP contribution in [-0.2, 0) is 9.53 Å². The van der Waals surface area contributed by atoms with Crippen LogP contribution < -0.4 is 0 Å². The Hall–Kier alpha value is -2.04. The Bertz CT molecular complexity index is 342. The molecule has 0 spiro atoms. The third kappa shape index (κ3) is 5.64. The van der Waals surface area contributed by atoms with Crippen molar-refractivity contribution < 1.29 is 24.5 Å². The zero-order valence-corrected chi connectivity index (χ0v) is 9.14. The third-order valence-corrected chi connectivity index (χ3v) is 1.59. The van der Waals surface area contributed by atoms with Gasteiger partial charge in [-0.3, -0.25) is 4.79 Å². The fraction of sp³-hybridized carbons (Fsp3) is 0.273. The van der Waals surface area contributed by atoms with E-state index in [4.69, 9.17) is 10.2 Å². The number of phenols is 1. The number of hydrogen-bond donors (Lipinski definition) is 2. The van der Waals surface area contributed by atoms with Crippen LogP contribution >= 0.6 is 0 Å². The van der Waals surface area contributed by atoms with Gasteiger partial charge in [-0.2, -0.15) is 0 Å². The second-order valence-corrected chi connectivity index (χ2v) is 2.79. The van der Waals surface area contributed by atoms with Crippen LogP contribution in [0, 0.1) is 0 Å². The molecule has 88 valence electrons. The Balaban J connectivity index is 0.000000385. The quantitative estimate of drug-likeness (QED) is 0.749. The lowest BCUT2D eigenvalue weighted by Gasteiger charge is -1.97. The Labute approximate surface area is 93.3 Å². The first kappa shape index (κ1) is 14.0. The zero-order valence-electron chi connectivity index (χ0n) is 9.14. The van der Waals surface area contributed by atoms with Crippen molar-refractivity contribution in [1.82, 2.24) is 0 Å². The van der Waals surface area contributed by atoms with Gasteiger partial charge < -0.3 is 14.9 Å². The lowest BCUT2D eigenvalue weighted by molar-refractivity contribution is -0.136. The van der Waals surface area contributed by atoms with Crippen LogP contribution in [0.2, 0.25) is 0 Å². The summed E-state index contributed by atoms with van der Waals surface area (Å²) in [6.07, 6.45) is 0.222. The second kappa shape index (κ2) is 7.28. The molecular weight excluding hydrogens is 212 g/mol. The number of rotatable bonds is 2. The monoisotopic (exact) mass is 226 g/mol. The van der Waals surface area contributed by atoms with Crippen LogP contribution in [0.25, 0.3) is 0 Å². The first-order chi connectivity index (χ1) is 7.51. The van der Waals surface area contributed by atoms with E-state index in [1.54, 1.807) is 6.92 Å². The van der Waals surface area contributed by atoms with Crippen LogP contribution in [-0.4, -0.2) is 29.3 Å². The maximum Gasteiger partial charge on any atom is 0.337 e. The van der Waals surface area contributed by atoms with Gasteiger partial charge >= 0.3 is 11.9 Å². The van der Waals surface area contributed by atoms with Crippen LogP contribution in [0.4, 0.5) is 0 Å². The molecule has 0 aliphatic rings. The van der Waals surface area contributed by atoms with Gasteiger partial charge in [0.05, 0.1) is 12.7 Å². The van der Waals surface area contributed by atoms with E-state index >= 15 is 0 Å². The molecule has 16 heavy (non-hydrogen) atoms. The highest BCUT2D eigenvalue weighted by atomic mass is 16.5. The molecular formula is C11H14O5. The number of methoxy groups -OCH3 is 1. The minimum absolute atomic E-state index is 0.137. The van der Waals surface area contributed by atoms with Crippen molar-refractivity contribution in [2.75, 3.05) is 7.11 Å². The molecule has 5 nitrogen and oxygen atoms in total. The molecule has 0 saturated heterocycles. The molecule has 0 saturated carbocycles. The number of phenolic OH excluding ortho intramolecular Hbond substituents is 1. The van der Waals surface area contributed by atoms with Crippen LogP contribution in [0.3, 0.4) is 0 Å². The van der Waals surface area contributed by atoms with Crippen molar-refractivity contribution in [3.05, 3.63) is 29.8 Å². The van der Waals surface area contributed by atoms with Gasteiger partial charge in [-0.05, 0) is 24.3 Å². The average Bonchev–Trinajstić information content (AvgIpc) is 2.29. The Morgan fingerprint density at radius 2 is 1.69 bits per heavy atom. The molecule has 0 aliphatic carbocycles. The molecule has 0 heterocycles. The van der Waals surface area contributed by atoms with E-state index in [-0.39, 0.29) is 12.2 Å². The van der Waals surface area contributed by atoms with E-state index in [0.717, 1.165) is 0 Å². The number of esters is 1. The first-order valence-electron chi connectivity index (χ1n) is 4.60. The third-order valence-electron chi connectivity index (χ3n) is 1.59. The van der Waals surface area contributed by atoms with Crippen LogP contribution in [0.5, 0.6) is 5.75 Å². The number of carboxylic acid groups (broad SMARTS) is 1. The van der Waals surface area contributed by atoms with Gasteiger partial charge in [0.25, 0.3) is 0 Å². The van der Waals surface area contributed by atoms with Crippen molar-refractivity contribution in [3.8, 4) is 5.75 Å². The highest BCUT2D eigenvalue weighted by Crippen LogP contribution is 2.09. The maximum absolute atomic E-state index is 10.8. The standard InChI is InChI=1S/C8H8O3.C3H6O2/c1-11-8(10)6-2-4-7(9)5-3-6;1-2-3(4)5/h2-5,9H,1H3;2H2,1H3,(H,4,5). The fourth-order valence-corrected chi connectivity index (χ4v) is 0.715. The van der Waals surface area contributed by atoms with Gasteiger partial charge in [0.1, 0.15) is 5.75 Å². The summed E-state index contributed by atoms with van der Waals surface area (Å²) in [5.41, 5.74) is 0.435. The Kier molecular flexibility index (Phi) is 6.35. The number of hydrogen-bond acceptors (Lipinski definition) is 4. The highest BCUT2D eigenvalue weighted by molar-refractivity contribution is 5.89. The van der Waals surface area contributed by atoms with Gasteiger partial charge in [0, 0.05) is 6.42 Å². The topological polar surface area (TPSA) is 83.8 Å². The predicted molar refractivity (Wildman–Crippen MR) is 57.4 cm³/mol. The minimum atomic E-state index is -0.745. The molecule has 1 rings (SSSR count). The number of aliphatic carboxylic acids is 1. The van der Waals surface area contributed by atoms with E-state index in [1.807, 2.05) is 0 Å². The largest absolute Gasteiger partial charge is 0.508 e. The number of benzene rings is 1. The summed E-state index contributed by atoms with van der Waals surface area (Å²) in [4.78, 5) is 20.2. The molecule has 0 amide bonds. The molecule has 0 aliphatic heterocycles. The Morgan fingerprint density at radius 1 is 1.25 bits per heavy atom. The summed E-state index contributed by atoms with van der Waals surface area (Å²) in [6, 6.07) is 5.88. The molecule has 0 aromatic heterocycles. The number of ether oxygens (including phenoxy) is 1. The van der Waals surface area contributed by atoms with E-state index in [1.165, 1.54) is 31.4 Å². The normalized spacial score (nSPS) is 8.62. The van der Waals surface area contributed by atoms with Crippen molar-refractivity contribution >= 4 is 11.9 Å². The summed E-state index contributed by atoms with van der Waals surface area (Å²) < 4.78 is 4.46. The SMILES string of the molecule is CCC(=O)O.COC(=O)c1ccc(O)cc1. The van der Waals surface area contributed by atoms with Gasteiger partial charge in [0.2, 0.25) is 0 Å². The lowest BCUT2D eigenvalue weighted by Crippen LogP contribution is -1.99. The molecule has 2 N–H and O–H groups in total. The van der Waals surface area contributed by atoms with E-state index < -0.39 is 11.9 Å². The lowest BCUT2D eigenvalue weighted by atomic mass is 10.2. The van der Waals surface area contributed by atoms with Crippen molar-refractivity contribution in [1.29, 1.82) is 0 Å². The van der Waals surface area contributed by atoms with Crippen molar-refractivity contribution in [2.24, 2.45) is 0 Å². The molecule has 1 aromatic carbocycles. The van der Waals surface area contributed by atoms with Crippen molar-refractivity contribution in [2.45, 2.75) is 13.3 Å². The summed E-state index contributed by atoms with van der Waals surface area (Å²) in [7, 11) is 1.31. The number of carboxylic acids is 1. The van der Waals surface area contributed by atoms with Crippen molar-refractivity contribution in [3.63, 3.8) is 0 Å². The van der Waals surface area contributed by atoms with Gasteiger partial charge in [-0.1, -0.05) is 6.92 Å². The molecule has 0 fully saturated rings. The average molecular weight is 226 g/mol. The highest BCUT2D eigenvalue weighted by Gasteiger charge is 2.02. The smallest absolute Gasteiger partial charge is 0.337 e. The molecule has 0 bridgehead atoms. The van der Waals surface area contributed by atoms with E-state index in [2.05, 4.69) is 4.74 Å². The van der Waals surface area contributed by atoms with Crippen LogP contribution in [0.15, 0.2) is 24.3 Å². The Morgan fingerprint density at radius 3 is 2.00 bits per heavy atom. The van der Waals surface area contributed by atoms with Crippen LogP contribution in [0.1, 0.15) is 23.7 Å². The molecule has 0 unspecified atom stereocenters. The van der Waals surface area contributed by atoms with Gasteiger partial charge in [-0.25, -0.2) is 4.79 Å². The van der Waals surface area contributed by atoms with Gasteiger partial charge in [0.15, 0.2) is 0 Å². The summed E-state index contributed by atoms with van der Waals surface area (Å²) in [6.45, 7) is 1.60. The van der Waals surface area contributed by atoms with E-state index in [0.29, 0.717) is 5.56 Å². The van der Waals surface area contributed by atoms with E-state index in [9.17, 15) is 9.59 Å². The fourth-order valence-electron chi connectivity index (χ4n) is 0.715. The van der Waals surface area contributed by atoms with Gasteiger partial charge in [-0.15, -0.1) is 0 Å². The predicted octanol–water partition coefficient (Wildman–Crippen LogP) is 1.66. The molecule has 5 heteroatoms. The summed E-state index contributed by atoms with van der Waals surface area (Å²) in [5, 5.41) is 16.6. The zero-order chi connectivity index (χ0) is 12.6. The second-order valence-electron chi connectivity index (χ2n) is 2.79. The minimum Gasteiger partial charge on any atom is -0.508 e. The molecule has 1 aromatic rings. The number of aromatic hydroxyl groups is 1.